The van der Waals surface area contributed by atoms with Crippen LogP contribution in [0.5, 0.6) is 0 Å². The summed E-state index contributed by atoms with van der Waals surface area (Å²) in [6.07, 6.45) is 6.44. The maximum absolute atomic E-state index is 9.93. The van der Waals surface area contributed by atoms with Crippen molar-refractivity contribution in [2.24, 2.45) is 0 Å². The first-order chi connectivity index (χ1) is 6.73. The number of allylic oxidation sites excluding steroid dienone is 3. The molecule has 0 saturated carbocycles. The minimum atomic E-state index is -1.42. The quantitative estimate of drug-likeness (QED) is 0.556. The van der Waals surface area contributed by atoms with Crippen LogP contribution in [0, 0.1) is 0 Å². The van der Waals surface area contributed by atoms with E-state index in [0.717, 1.165) is 12.8 Å². The van der Waals surface area contributed by atoms with E-state index in [0.29, 0.717) is 0 Å². The molecule has 0 aliphatic heterocycles. The fraction of sp³-hybridized carbons (Fsp3) is 0.692. The summed E-state index contributed by atoms with van der Waals surface area (Å²) < 4.78 is 0. The molecule has 0 aliphatic carbocycles. The number of hydrogen-bond donors (Lipinski definition) is 1. The largest absolute Gasteiger partial charge is 0.393 e. The molecule has 2 heteroatoms. The summed E-state index contributed by atoms with van der Waals surface area (Å²) in [6.45, 7) is 12.9. The highest BCUT2D eigenvalue weighted by molar-refractivity contribution is 6.77. The smallest absolute Gasteiger partial charge is 0.0831 e. The molecule has 1 nitrogen and oxygen atoms in total. The lowest BCUT2D eigenvalue weighted by molar-refractivity contribution is 0.290. The standard InChI is InChI=1S/C13H26OSi/c1-11(2)8-7-9-12(3)10-13(14)15(4,5)6/h8,10,13-14H,7,9H2,1-6H3/b12-10+/t13-/m1/s1. The van der Waals surface area contributed by atoms with Crippen molar-refractivity contribution in [3.63, 3.8) is 0 Å². The van der Waals surface area contributed by atoms with Gasteiger partial charge in [-0.25, -0.2) is 0 Å². The lowest BCUT2D eigenvalue weighted by Gasteiger charge is -2.21. The topological polar surface area (TPSA) is 20.2 Å². The molecule has 0 rings (SSSR count). The molecule has 0 aromatic heterocycles. The van der Waals surface area contributed by atoms with Gasteiger partial charge in [-0.15, -0.1) is 0 Å². The molecule has 1 atom stereocenters. The van der Waals surface area contributed by atoms with Gasteiger partial charge in [0.2, 0.25) is 0 Å². The van der Waals surface area contributed by atoms with E-state index >= 15 is 0 Å². The summed E-state index contributed by atoms with van der Waals surface area (Å²) in [6, 6.07) is 0. The Kier molecular flexibility index (Phi) is 6.14. The van der Waals surface area contributed by atoms with Gasteiger partial charge in [-0.05, 0) is 33.6 Å². The second-order valence-electron chi connectivity index (χ2n) is 5.64. The molecule has 0 heterocycles. The van der Waals surface area contributed by atoms with Crippen LogP contribution in [-0.2, 0) is 0 Å². The fourth-order valence-corrected chi connectivity index (χ4v) is 1.98. The molecule has 15 heavy (non-hydrogen) atoms. The van der Waals surface area contributed by atoms with Gasteiger partial charge >= 0.3 is 0 Å². The minimum Gasteiger partial charge on any atom is -0.393 e. The highest BCUT2D eigenvalue weighted by atomic mass is 28.3. The van der Waals surface area contributed by atoms with E-state index in [1.165, 1.54) is 11.1 Å². The van der Waals surface area contributed by atoms with Crippen molar-refractivity contribution < 1.29 is 5.11 Å². The predicted molar refractivity (Wildman–Crippen MR) is 71.8 cm³/mol. The summed E-state index contributed by atoms with van der Waals surface area (Å²) in [5.41, 5.74) is 2.47. The summed E-state index contributed by atoms with van der Waals surface area (Å²) in [4.78, 5) is 0. The van der Waals surface area contributed by atoms with Gasteiger partial charge in [0.15, 0.2) is 0 Å². The molecule has 0 fully saturated rings. The maximum Gasteiger partial charge on any atom is 0.0831 e. The zero-order valence-electron chi connectivity index (χ0n) is 11.1. The normalized spacial score (nSPS) is 15.0. The number of aliphatic hydroxyl groups is 1. The Morgan fingerprint density at radius 3 is 2.13 bits per heavy atom. The van der Waals surface area contributed by atoms with Crippen LogP contribution in [0.1, 0.15) is 33.6 Å². The van der Waals surface area contributed by atoms with Crippen LogP contribution in [0.25, 0.3) is 0 Å². The fourth-order valence-electron chi connectivity index (χ4n) is 1.19. The van der Waals surface area contributed by atoms with E-state index in [9.17, 15) is 5.11 Å². The Hall–Kier alpha value is -0.343. The molecule has 0 unspecified atom stereocenters. The van der Waals surface area contributed by atoms with Gasteiger partial charge < -0.3 is 5.11 Å². The zero-order valence-corrected chi connectivity index (χ0v) is 12.1. The van der Waals surface area contributed by atoms with Crippen LogP contribution in [0.2, 0.25) is 19.6 Å². The lowest BCUT2D eigenvalue weighted by atomic mass is 10.1. The van der Waals surface area contributed by atoms with Crippen LogP contribution < -0.4 is 0 Å². The summed E-state index contributed by atoms with van der Waals surface area (Å²) in [5.74, 6) is 0. The van der Waals surface area contributed by atoms with E-state index in [-0.39, 0.29) is 5.73 Å². The van der Waals surface area contributed by atoms with Crippen LogP contribution in [0.15, 0.2) is 23.3 Å². The number of hydrogen-bond acceptors (Lipinski definition) is 1. The van der Waals surface area contributed by atoms with Crippen molar-refractivity contribution in [3.05, 3.63) is 23.3 Å². The molecule has 0 aromatic rings. The molecule has 0 aromatic carbocycles. The van der Waals surface area contributed by atoms with Crippen LogP contribution >= 0.6 is 0 Å². The van der Waals surface area contributed by atoms with E-state index in [2.05, 4.69) is 46.5 Å². The Morgan fingerprint density at radius 1 is 1.20 bits per heavy atom. The summed E-state index contributed by atoms with van der Waals surface area (Å²) in [7, 11) is -1.42. The van der Waals surface area contributed by atoms with E-state index in [4.69, 9.17) is 0 Å². The first-order valence-electron chi connectivity index (χ1n) is 5.72. The molecule has 88 valence electrons. The molecular weight excluding hydrogens is 200 g/mol. The van der Waals surface area contributed by atoms with Crippen molar-refractivity contribution in [1.29, 1.82) is 0 Å². The van der Waals surface area contributed by atoms with Gasteiger partial charge in [-0.3, -0.25) is 0 Å². The first kappa shape index (κ1) is 14.7. The summed E-state index contributed by atoms with van der Waals surface area (Å²) in [5, 5.41) is 9.93. The maximum atomic E-state index is 9.93. The van der Waals surface area contributed by atoms with Crippen molar-refractivity contribution in [2.75, 3.05) is 0 Å². The zero-order chi connectivity index (χ0) is 12.1. The third-order valence-corrected chi connectivity index (χ3v) is 4.36. The molecular formula is C13H26OSi. The van der Waals surface area contributed by atoms with Crippen LogP contribution in [0.3, 0.4) is 0 Å². The Morgan fingerprint density at radius 2 is 1.73 bits per heavy atom. The molecule has 0 bridgehead atoms. The third-order valence-electron chi connectivity index (χ3n) is 2.42. The highest BCUT2D eigenvalue weighted by Crippen LogP contribution is 2.13. The molecule has 0 radical (unpaired) electrons. The Balaban J connectivity index is 4.15. The SMILES string of the molecule is CC(C)=CCC/C(C)=C/[C@H](O)[Si](C)(C)C. The number of aliphatic hydroxyl groups excluding tert-OH is 1. The van der Waals surface area contributed by atoms with Crippen LogP contribution in [0.4, 0.5) is 0 Å². The van der Waals surface area contributed by atoms with Gasteiger partial charge in [-0.2, -0.15) is 0 Å². The van der Waals surface area contributed by atoms with Crippen LogP contribution in [-0.4, -0.2) is 18.9 Å². The Bertz CT molecular complexity index is 242. The highest BCUT2D eigenvalue weighted by Gasteiger charge is 2.22. The van der Waals surface area contributed by atoms with Gasteiger partial charge in [0.1, 0.15) is 0 Å². The molecule has 0 spiro atoms. The molecule has 0 amide bonds. The number of rotatable bonds is 5. The second-order valence-corrected chi connectivity index (χ2v) is 11.0. The van der Waals surface area contributed by atoms with Crippen molar-refractivity contribution in [2.45, 2.75) is 59.0 Å². The Labute approximate surface area is 95.9 Å². The molecule has 0 saturated heterocycles. The second kappa shape index (κ2) is 6.29. The lowest BCUT2D eigenvalue weighted by Crippen LogP contribution is -2.36. The third kappa shape index (κ3) is 7.57. The molecule has 0 aliphatic rings. The van der Waals surface area contributed by atoms with Gasteiger partial charge in [0.25, 0.3) is 0 Å². The van der Waals surface area contributed by atoms with Gasteiger partial charge in [0, 0.05) is 0 Å². The van der Waals surface area contributed by atoms with E-state index in [1.807, 2.05) is 6.08 Å². The predicted octanol–water partition coefficient (Wildman–Crippen LogP) is 3.92. The first-order valence-corrected chi connectivity index (χ1v) is 9.30. The van der Waals surface area contributed by atoms with Crippen molar-refractivity contribution >= 4 is 8.07 Å². The molecule has 1 N–H and O–H groups in total. The average molecular weight is 226 g/mol. The van der Waals surface area contributed by atoms with Crippen molar-refractivity contribution in [3.8, 4) is 0 Å². The van der Waals surface area contributed by atoms with Crippen molar-refractivity contribution in [1.82, 2.24) is 0 Å². The minimum absolute atomic E-state index is 0.204. The summed E-state index contributed by atoms with van der Waals surface area (Å²) >= 11 is 0. The van der Waals surface area contributed by atoms with E-state index < -0.39 is 8.07 Å². The average Bonchev–Trinajstić information content (AvgIpc) is 2.01. The van der Waals surface area contributed by atoms with Gasteiger partial charge in [-0.1, -0.05) is 42.9 Å². The van der Waals surface area contributed by atoms with Gasteiger partial charge in [0.05, 0.1) is 13.8 Å². The monoisotopic (exact) mass is 226 g/mol. The van der Waals surface area contributed by atoms with E-state index in [1.54, 1.807) is 0 Å².